The Bertz CT molecular complexity index is 1280. The predicted octanol–water partition coefficient (Wildman–Crippen LogP) is 4.63. The molecule has 0 bridgehead atoms. The molecule has 0 radical (unpaired) electrons. The standard InChI is InChI=1S/C33H47N7O3/c1-33(2,3)43-32(41)40-20-19-39(22-26(40)15-17-34)30-28-16-18-38(21-24-9-7-6-8-10-24)23-29(28)35-31(36-30)42-27-13-11-25(12-14-27)37(4)5/h6-10,25-27H,11-16,18-23H2,1-5H3. The van der Waals surface area contributed by atoms with Gasteiger partial charge in [0.25, 0.3) is 0 Å². The van der Waals surface area contributed by atoms with E-state index in [4.69, 9.17) is 19.4 Å². The van der Waals surface area contributed by atoms with Gasteiger partial charge in [-0.3, -0.25) is 4.90 Å². The topological polar surface area (TPSA) is 98.1 Å². The van der Waals surface area contributed by atoms with E-state index in [2.05, 4.69) is 59.1 Å². The van der Waals surface area contributed by atoms with Crippen molar-refractivity contribution in [2.75, 3.05) is 45.2 Å². The average Bonchev–Trinajstić information content (AvgIpc) is 2.96. The van der Waals surface area contributed by atoms with Gasteiger partial charge in [0, 0.05) is 50.9 Å². The molecular weight excluding hydrogens is 542 g/mol. The van der Waals surface area contributed by atoms with Crippen molar-refractivity contribution in [3.8, 4) is 12.1 Å². The fraction of sp³-hybridized carbons (Fsp3) is 0.636. The van der Waals surface area contributed by atoms with Gasteiger partial charge in [-0.1, -0.05) is 30.3 Å². The zero-order valence-electron chi connectivity index (χ0n) is 26.5. The lowest BCUT2D eigenvalue weighted by Gasteiger charge is -2.42. The zero-order chi connectivity index (χ0) is 30.6. The first-order chi connectivity index (χ1) is 20.6. The Balaban J connectivity index is 1.39. The lowest BCUT2D eigenvalue weighted by molar-refractivity contribution is 0.0144. The first kappa shape index (κ1) is 31.0. The highest BCUT2D eigenvalue weighted by atomic mass is 16.6. The Kier molecular flexibility index (Phi) is 9.72. The summed E-state index contributed by atoms with van der Waals surface area (Å²) in [5.74, 6) is 0.883. The number of aromatic nitrogens is 2. The Morgan fingerprint density at radius 1 is 1.07 bits per heavy atom. The summed E-state index contributed by atoms with van der Waals surface area (Å²) in [5, 5.41) is 9.63. The van der Waals surface area contributed by atoms with Crippen LogP contribution in [0.25, 0.3) is 0 Å². The normalized spacial score (nSPS) is 23.0. The van der Waals surface area contributed by atoms with Crippen molar-refractivity contribution in [2.24, 2.45) is 0 Å². The van der Waals surface area contributed by atoms with E-state index in [9.17, 15) is 10.1 Å². The molecule has 1 aromatic heterocycles. The maximum atomic E-state index is 13.0. The molecule has 1 saturated heterocycles. The second-order valence-corrected chi connectivity index (χ2v) is 13.3. The summed E-state index contributed by atoms with van der Waals surface area (Å²) in [5.41, 5.74) is 2.85. The van der Waals surface area contributed by atoms with Gasteiger partial charge >= 0.3 is 12.1 Å². The van der Waals surface area contributed by atoms with Crippen LogP contribution in [0, 0.1) is 11.3 Å². The summed E-state index contributed by atoms with van der Waals surface area (Å²) in [7, 11) is 4.29. The highest BCUT2D eigenvalue weighted by Gasteiger charge is 2.36. The number of hydrogen-bond acceptors (Lipinski definition) is 9. The molecule has 2 fully saturated rings. The summed E-state index contributed by atoms with van der Waals surface area (Å²) in [6, 6.07) is 13.6. The van der Waals surface area contributed by atoms with E-state index in [0.717, 1.165) is 68.8 Å². The van der Waals surface area contributed by atoms with Crippen LogP contribution in [0.5, 0.6) is 6.01 Å². The second kappa shape index (κ2) is 13.5. The minimum Gasteiger partial charge on any atom is -0.460 e. The van der Waals surface area contributed by atoms with E-state index in [1.807, 2.05) is 26.8 Å². The highest BCUT2D eigenvalue weighted by Crippen LogP contribution is 2.33. The minimum atomic E-state index is -0.597. The Labute approximate surface area is 256 Å². The number of rotatable bonds is 7. The van der Waals surface area contributed by atoms with Gasteiger partial charge in [-0.15, -0.1) is 0 Å². The van der Waals surface area contributed by atoms with E-state index >= 15 is 0 Å². The third-order valence-electron chi connectivity index (χ3n) is 8.73. The van der Waals surface area contributed by atoms with E-state index in [1.165, 1.54) is 5.56 Å². The van der Waals surface area contributed by atoms with Crippen LogP contribution in [0.3, 0.4) is 0 Å². The number of anilines is 1. The molecule has 2 aromatic rings. The smallest absolute Gasteiger partial charge is 0.410 e. The van der Waals surface area contributed by atoms with Crippen molar-refractivity contribution < 1.29 is 14.3 Å². The minimum absolute atomic E-state index is 0.0986. The molecule has 1 amide bonds. The largest absolute Gasteiger partial charge is 0.460 e. The fourth-order valence-electron chi connectivity index (χ4n) is 6.45. The van der Waals surface area contributed by atoms with E-state index in [0.29, 0.717) is 31.7 Å². The van der Waals surface area contributed by atoms with Crippen LogP contribution >= 0.6 is 0 Å². The van der Waals surface area contributed by atoms with Crippen LogP contribution in [-0.2, 0) is 24.2 Å². The van der Waals surface area contributed by atoms with Gasteiger partial charge < -0.3 is 24.2 Å². The molecule has 3 heterocycles. The number of piperazine rings is 1. The molecule has 1 aliphatic carbocycles. The molecule has 1 aromatic carbocycles. The van der Waals surface area contributed by atoms with Crippen LogP contribution in [0.1, 0.15) is 69.7 Å². The van der Waals surface area contributed by atoms with Crippen molar-refractivity contribution in [1.82, 2.24) is 24.7 Å². The number of amides is 1. The molecule has 1 unspecified atom stereocenters. The summed E-state index contributed by atoms with van der Waals surface area (Å²) < 4.78 is 12.2. The average molecular weight is 590 g/mol. The van der Waals surface area contributed by atoms with Gasteiger partial charge in [-0.05, 0) is 72.5 Å². The third-order valence-corrected chi connectivity index (χ3v) is 8.73. The van der Waals surface area contributed by atoms with E-state index in [1.54, 1.807) is 4.90 Å². The SMILES string of the molecule is CN(C)C1CCC(Oc2nc3c(c(N4CCN(C(=O)OC(C)(C)C)C(CC#N)C4)n2)CCN(Cc2ccccc2)C3)CC1. The highest BCUT2D eigenvalue weighted by molar-refractivity contribution is 5.69. The summed E-state index contributed by atoms with van der Waals surface area (Å²) in [4.78, 5) is 31.7. The summed E-state index contributed by atoms with van der Waals surface area (Å²) >= 11 is 0. The molecule has 0 N–H and O–H groups in total. The van der Waals surface area contributed by atoms with E-state index in [-0.39, 0.29) is 24.7 Å². The Morgan fingerprint density at radius 2 is 1.81 bits per heavy atom. The Morgan fingerprint density at radius 3 is 2.49 bits per heavy atom. The van der Waals surface area contributed by atoms with Gasteiger partial charge in [-0.25, -0.2) is 4.79 Å². The first-order valence-corrected chi connectivity index (χ1v) is 15.7. The predicted molar refractivity (Wildman–Crippen MR) is 166 cm³/mol. The van der Waals surface area contributed by atoms with Crippen LogP contribution in [0.15, 0.2) is 30.3 Å². The van der Waals surface area contributed by atoms with Gasteiger partial charge in [0.05, 0.1) is 24.2 Å². The number of benzene rings is 1. The van der Waals surface area contributed by atoms with Gasteiger partial charge in [0.2, 0.25) is 0 Å². The fourth-order valence-corrected chi connectivity index (χ4v) is 6.45. The number of hydrogen-bond donors (Lipinski definition) is 0. The summed E-state index contributed by atoms with van der Waals surface area (Å²) in [6.07, 6.45) is 4.96. The monoisotopic (exact) mass is 589 g/mol. The lowest BCUT2D eigenvalue weighted by Crippen LogP contribution is -2.56. The van der Waals surface area contributed by atoms with Crippen molar-refractivity contribution in [3.63, 3.8) is 0 Å². The van der Waals surface area contributed by atoms with Gasteiger partial charge in [-0.2, -0.15) is 15.2 Å². The van der Waals surface area contributed by atoms with Gasteiger partial charge in [0.1, 0.15) is 17.5 Å². The van der Waals surface area contributed by atoms with Crippen molar-refractivity contribution >= 4 is 11.9 Å². The maximum Gasteiger partial charge on any atom is 0.410 e. The molecule has 1 saturated carbocycles. The molecule has 10 heteroatoms. The molecule has 1 atom stereocenters. The van der Waals surface area contributed by atoms with Crippen LogP contribution in [-0.4, -0.2) is 94.8 Å². The quantitative estimate of drug-likeness (QED) is 0.458. The molecule has 2 aliphatic heterocycles. The molecule has 0 spiro atoms. The zero-order valence-corrected chi connectivity index (χ0v) is 26.5. The molecule has 232 valence electrons. The van der Waals surface area contributed by atoms with E-state index < -0.39 is 5.60 Å². The van der Waals surface area contributed by atoms with Crippen LogP contribution < -0.4 is 9.64 Å². The van der Waals surface area contributed by atoms with Gasteiger partial charge in [0.15, 0.2) is 0 Å². The van der Waals surface area contributed by atoms with Crippen LogP contribution in [0.2, 0.25) is 0 Å². The van der Waals surface area contributed by atoms with Crippen molar-refractivity contribution in [1.29, 1.82) is 5.26 Å². The number of nitrogens with zero attached hydrogens (tertiary/aromatic N) is 7. The number of ether oxygens (including phenoxy) is 2. The molecule has 5 rings (SSSR count). The first-order valence-electron chi connectivity index (χ1n) is 15.7. The van der Waals surface area contributed by atoms with Crippen LogP contribution in [0.4, 0.5) is 10.6 Å². The molecule has 10 nitrogen and oxygen atoms in total. The number of carbonyl (C=O) groups excluding carboxylic acids is 1. The lowest BCUT2D eigenvalue weighted by atomic mass is 9.92. The second-order valence-electron chi connectivity index (χ2n) is 13.3. The number of carbonyl (C=O) groups is 1. The maximum absolute atomic E-state index is 13.0. The third kappa shape index (κ3) is 7.95. The Hall–Kier alpha value is -3.42. The summed E-state index contributed by atoms with van der Waals surface area (Å²) in [6.45, 7) is 9.67. The number of fused-ring (bicyclic) bond motifs is 1. The molecule has 3 aliphatic rings. The molecular formula is C33H47N7O3. The van der Waals surface area contributed by atoms with Crippen molar-refractivity contribution in [2.45, 2.75) is 96.2 Å². The van der Waals surface area contributed by atoms with Crippen molar-refractivity contribution in [3.05, 3.63) is 47.2 Å². The molecule has 43 heavy (non-hydrogen) atoms. The number of nitriles is 1.